The second kappa shape index (κ2) is 8.15. The summed E-state index contributed by atoms with van der Waals surface area (Å²) in [6.45, 7) is 4.36. The summed E-state index contributed by atoms with van der Waals surface area (Å²) in [4.78, 5) is 24.0. The van der Waals surface area contributed by atoms with Crippen LogP contribution in [0.1, 0.15) is 42.1 Å². The predicted octanol–water partition coefficient (Wildman–Crippen LogP) is 2.23. The molecule has 1 aliphatic carbocycles. The first-order valence-corrected chi connectivity index (χ1v) is 7.46. The zero-order chi connectivity index (χ0) is 15.4. The van der Waals surface area contributed by atoms with Crippen molar-refractivity contribution in [1.82, 2.24) is 5.32 Å². The van der Waals surface area contributed by atoms with Crippen LogP contribution in [-0.4, -0.2) is 24.4 Å². The van der Waals surface area contributed by atoms with Crippen molar-refractivity contribution in [2.24, 2.45) is 11.7 Å². The van der Waals surface area contributed by atoms with Gasteiger partial charge in [0.1, 0.15) is 0 Å². The van der Waals surface area contributed by atoms with Crippen LogP contribution in [0.5, 0.6) is 0 Å². The lowest BCUT2D eigenvalue weighted by atomic mass is 10.1. The lowest BCUT2D eigenvalue weighted by Crippen LogP contribution is -2.24. The Balaban J connectivity index is 0.00000242. The molecule has 0 radical (unpaired) electrons. The number of amides is 2. The van der Waals surface area contributed by atoms with Crippen molar-refractivity contribution >= 4 is 29.9 Å². The summed E-state index contributed by atoms with van der Waals surface area (Å²) in [7, 11) is 0. The minimum atomic E-state index is -0.0970. The quantitative estimate of drug-likeness (QED) is 0.793. The fourth-order valence-electron chi connectivity index (χ4n) is 2.70. The zero-order valence-electron chi connectivity index (χ0n) is 13.0. The van der Waals surface area contributed by atoms with Crippen molar-refractivity contribution in [2.45, 2.75) is 39.2 Å². The Kier molecular flexibility index (Phi) is 6.84. The van der Waals surface area contributed by atoms with Gasteiger partial charge in [-0.2, -0.15) is 0 Å². The Bertz CT molecular complexity index is 548. The maximum atomic E-state index is 12.2. The molecule has 2 amide bonds. The molecule has 2 unspecified atom stereocenters. The smallest absolute Gasteiger partial charge is 0.251 e. The third kappa shape index (κ3) is 4.45. The van der Waals surface area contributed by atoms with Gasteiger partial charge in [0.05, 0.1) is 0 Å². The van der Waals surface area contributed by atoms with Crippen molar-refractivity contribution in [3.05, 3.63) is 29.3 Å². The minimum absolute atomic E-state index is 0. The van der Waals surface area contributed by atoms with E-state index < -0.39 is 0 Å². The fourth-order valence-corrected chi connectivity index (χ4v) is 2.70. The number of hydrogen-bond donors (Lipinski definition) is 3. The summed E-state index contributed by atoms with van der Waals surface area (Å²) in [6, 6.07) is 5.45. The molecule has 5 nitrogen and oxygen atoms in total. The highest BCUT2D eigenvalue weighted by Crippen LogP contribution is 2.26. The van der Waals surface area contributed by atoms with E-state index in [-0.39, 0.29) is 36.2 Å². The average molecular weight is 326 g/mol. The highest BCUT2D eigenvalue weighted by molar-refractivity contribution is 5.97. The van der Waals surface area contributed by atoms with Gasteiger partial charge in [0.15, 0.2) is 0 Å². The van der Waals surface area contributed by atoms with Crippen LogP contribution in [0, 0.1) is 12.8 Å². The molecular weight excluding hydrogens is 302 g/mol. The van der Waals surface area contributed by atoms with Crippen LogP contribution in [-0.2, 0) is 4.79 Å². The molecule has 2 rings (SSSR count). The van der Waals surface area contributed by atoms with E-state index in [0.717, 1.165) is 30.5 Å². The number of hydrogen-bond acceptors (Lipinski definition) is 3. The van der Waals surface area contributed by atoms with Crippen molar-refractivity contribution in [3.8, 4) is 0 Å². The van der Waals surface area contributed by atoms with Crippen LogP contribution in [0.2, 0.25) is 0 Å². The molecule has 1 aliphatic rings. The van der Waals surface area contributed by atoms with Gasteiger partial charge in [0.25, 0.3) is 5.91 Å². The van der Waals surface area contributed by atoms with Crippen molar-refractivity contribution in [2.75, 3.05) is 11.9 Å². The maximum Gasteiger partial charge on any atom is 0.251 e. The largest absolute Gasteiger partial charge is 0.352 e. The van der Waals surface area contributed by atoms with Gasteiger partial charge in [-0.05, 0) is 56.9 Å². The van der Waals surface area contributed by atoms with E-state index in [4.69, 9.17) is 5.73 Å². The summed E-state index contributed by atoms with van der Waals surface area (Å²) in [6.07, 6.45) is 2.51. The van der Waals surface area contributed by atoms with E-state index in [0.29, 0.717) is 12.1 Å². The van der Waals surface area contributed by atoms with Crippen LogP contribution in [0.3, 0.4) is 0 Å². The summed E-state index contributed by atoms with van der Waals surface area (Å²) in [5, 5.41) is 5.70. The van der Waals surface area contributed by atoms with Gasteiger partial charge in [-0.15, -0.1) is 12.4 Å². The van der Waals surface area contributed by atoms with Crippen LogP contribution < -0.4 is 16.4 Å². The third-order valence-electron chi connectivity index (χ3n) is 3.93. The highest BCUT2D eigenvalue weighted by atomic mass is 35.5. The highest BCUT2D eigenvalue weighted by Gasteiger charge is 2.27. The molecule has 1 saturated carbocycles. The van der Waals surface area contributed by atoms with Crippen molar-refractivity contribution in [1.29, 1.82) is 0 Å². The Morgan fingerprint density at radius 1 is 1.32 bits per heavy atom. The molecule has 6 heteroatoms. The van der Waals surface area contributed by atoms with Crippen LogP contribution >= 0.6 is 12.4 Å². The number of nitrogens with one attached hydrogen (secondary N) is 2. The number of carbonyl (C=O) groups excluding carboxylic acids is 2. The molecule has 1 fully saturated rings. The van der Waals surface area contributed by atoms with Crippen LogP contribution in [0.25, 0.3) is 0 Å². The molecule has 22 heavy (non-hydrogen) atoms. The number of aryl methyl sites for hydroxylation is 1. The van der Waals surface area contributed by atoms with E-state index in [1.807, 2.05) is 13.8 Å². The Hall–Kier alpha value is -1.59. The molecule has 0 aliphatic heterocycles. The number of halogens is 1. The Morgan fingerprint density at radius 2 is 2.05 bits per heavy atom. The first-order chi connectivity index (χ1) is 10.0. The summed E-state index contributed by atoms with van der Waals surface area (Å²) in [5.41, 5.74) is 8.09. The van der Waals surface area contributed by atoms with E-state index >= 15 is 0 Å². The topological polar surface area (TPSA) is 84.2 Å². The lowest BCUT2D eigenvalue weighted by Gasteiger charge is -2.13. The molecule has 1 aromatic carbocycles. The minimum Gasteiger partial charge on any atom is -0.352 e. The van der Waals surface area contributed by atoms with Gasteiger partial charge in [-0.1, -0.05) is 0 Å². The van der Waals surface area contributed by atoms with E-state index in [9.17, 15) is 9.59 Å². The molecule has 0 aromatic heterocycles. The van der Waals surface area contributed by atoms with Gasteiger partial charge in [-0.25, -0.2) is 0 Å². The maximum absolute atomic E-state index is 12.2. The molecule has 1 aromatic rings. The molecule has 0 saturated heterocycles. The second-order valence-electron chi connectivity index (χ2n) is 5.65. The first kappa shape index (κ1) is 18.5. The molecular formula is C16H24ClN3O2. The van der Waals surface area contributed by atoms with Gasteiger partial charge >= 0.3 is 0 Å². The number of anilines is 1. The summed E-state index contributed by atoms with van der Waals surface area (Å²) in [5.74, 6) is -0.0699. The first-order valence-electron chi connectivity index (χ1n) is 7.46. The van der Waals surface area contributed by atoms with Gasteiger partial charge in [0.2, 0.25) is 5.91 Å². The number of rotatable bonds is 4. The number of carbonyl (C=O) groups is 2. The van der Waals surface area contributed by atoms with E-state index in [1.165, 1.54) is 0 Å². The van der Waals surface area contributed by atoms with Gasteiger partial charge < -0.3 is 16.4 Å². The average Bonchev–Trinajstić information content (AvgIpc) is 2.88. The predicted molar refractivity (Wildman–Crippen MR) is 90.4 cm³/mol. The lowest BCUT2D eigenvalue weighted by molar-refractivity contribution is -0.119. The molecule has 2 atom stereocenters. The SMILES string of the molecule is CCNC(=O)c1ccc(NC(=O)C2CCC(N)C2)c(C)c1.Cl. The summed E-state index contributed by atoms with van der Waals surface area (Å²) < 4.78 is 0. The molecule has 122 valence electrons. The Labute approximate surface area is 137 Å². The van der Waals surface area contributed by atoms with Gasteiger partial charge in [-0.3, -0.25) is 9.59 Å². The van der Waals surface area contributed by atoms with Gasteiger partial charge in [0, 0.05) is 29.8 Å². The molecule has 4 N–H and O–H groups in total. The number of benzene rings is 1. The van der Waals surface area contributed by atoms with E-state index in [2.05, 4.69) is 10.6 Å². The zero-order valence-corrected chi connectivity index (χ0v) is 13.8. The third-order valence-corrected chi connectivity index (χ3v) is 3.93. The van der Waals surface area contributed by atoms with E-state index in [1.54, 1.807) is 18.2 Å². The van der Waals surface area contributed by atoms with Crippen LogP contribution in [0.4, 0.5) is 5.69 Å². The monoisotopic (exact) mass is 325 g/mol. The standard InChI is InChI=1S/C16H23N3O2.ClH/c1-3-18-15(20)11-5-7-14(10(2)8-11)19-16(21)12-4-6-13(17)9-12;/h5,7-8,12-13H,3-4,6,9,17H2,1-2H3,(H,18,20)(H,19,21);1H. The van der Waals surface area contributed by atoms with Crippen molar-refractivity contribution < 1.29 is 9.59 Å². The Morgan fingerprint density at radius 3 is 2.59 bits per heavy atom. The second-order valence-corrected chi connectivity index (χ2v) is 5.65. The summed E-state index contributed by atoms with van der Waals surface area (Å²) >= 11 is 0. The van der Waals surface area contributed by atoms with Crippen molar-refractivity contribution in [3.63, 3.8) is 0 Å². The molecule has 0 heterocycles. The fraction of sp³-hybridized carbons (Fsp3) is 0.500. The molecule has 0 bridgehead atoms. The molecule has 0 spiro atoms. The number of nitrogens with two attached hydrogens (primary N) is 1. The normalized spacial score (nSPS) is 20.1. The van der Waals surface area contributed by atoms with Crippen LogP contribution in [0.15, 0.2) is 18.2 Å².